The molecule has 116 valence electrons. The molecule has 1 aliphatic rings. The van der Waals surface area contributed by atoms with Gasteiger partial charge in [-0.15, -0.1) is 0 Å². The number of benzene rings is 1. The second-order valence-corrected chi connectivity index (χ2v) is 7.45. The van der Waals surface area contributed by atoms with Crippen LogP contribution in [0.15, 0.2) is 30.3 Å². The van der Waals surface area contributed by atoms with Crippen LogP contribution in [0.1, 0.15) is 24.8 Å². The van der Waals surface area contributed by atoms with E-state index >= 15 is 0 Å². The van der Waals surface area contributed by atoms with E-state index in [1.807, 2.05) is 6.07 Å². The molecule has 1 aromatic carbocycles. The lowest BCUT2D eigenvalue weighted by molar-refractivity contribution is -0.121. The van der Waals surface area contributed by atoms with E-state index in [-0.39, 0.29) is 29.9 Å². The molecule has 1 N–H and O–H groups in total. The van der Waals surface area contributed by atoms with E-state index in [2.05, 4.69) is 5.32 Å². The minimum Gasteiger partial charge on any atom is -0.376 e. The second-order valence-electron chi connectivity index (χ2n) is 5.27. The minimum atomic E-state index is -3.26. The number of nitrogens with one attached hydrogen (secondary N) is 1. The lowest BCUT2D eigenvalue weighted by Gasteiger charge is -2.10. The fourth-order valence-electron chi connectivity index (χ4n) is 2.27. The van der Waals surface area contributed by atoms with Crippen molar-refractivity contribution in [2.45, 2.75) is 31.1 Å². The molecule has 0 aliphatic carbocycles. The zero-order chi connectivity index (χ0) is 15.1. The van der Waals surface area contributed by atoms with E-state index in [4.69, 9.17) is 4.74 Å². The van der Waals surface area contributed by atoms with Gasteiger partial charge in [-0.1, -0.05) is 30.3 Å². The summed E-state index contributed by atoms with van der Waals surface area (Å²) in [4.78, 5) is 11.7. The first-order valence-electron chi connectivity index (χ1n) is 7.18. The van der Waals surface area contributed by atoms with Crippen LogP contribution < -0.4 is 5.32 Å². The largest absolute Gasteiger partial charge is 0.376 e. The molecule has 1 aliphatic heterocycles. The number of ether oxygens (including phenoxy) is 1. The molecule has 0 bridgehead atoms. The van der Waals surface area contributed by atoms with Gasteiger partial charge in [0.05, 0.1) is 17.6 Å². The summed E-state index contributed by atoms with van der Waals surface area (Å²) in [5.41, 5.74) is 0.747. The first-order valence-corrected chi connectivity index (χ1v) is 9.00. The van der Waals surface area contributed by atoms with Crippen molar-refractivity contribution in [3.8, 4) is 0 Å². The molecule has 5 nitrogen and oxygen atoms in total. The summed E-state index contributed by atoms with van der Waals surface area (Å²) in [6.07, 6.45) is 2.05. The van der Waals surface area contributed by atoms with Crippen LogP contribution in [0, 0.1) is 0 Å². The predicted octanol–water partition coefficient (Wildman–Crippen LogP) is 1.29. The van der Waals surface area contributed by atoms with E-state index in [1.165, 1.54) is 0 Å². The third-order valence-electron chi connectivity index (χ3n) is 3.42. The zero-order valence-electron chi connectivity index (χ0n) is 12.0. The number of hydrogen-bond acceptors (Lipinski definition) is 4. The number of hydrogen-bond donors (Lipinski definition) is 1. The number of sulfone groups is 1. The van der Waals surface area contributed by atoms with Gasteiger partial charge in [-0.05, 0) is 18.4 Å². The van der Waals surface area contributed by atoms with Crippen LogP contribution in [0.4, 0.5) is 0 Å². The molecular formula is C15H21NO4S. The van der Waals surface area contributed by atoms with Crippen LogP contribution >= 0.6 is 0 Å². The maximum Gasteiger partial charge on any atom is 0.221 e. The fraction of sp³-hybridized carbons (Fsp3) is 0.533. The van der Waals surface area contributed by atoms with Crippen molar-refractivity contribution in [3.63, 3.8) is 0 Å². The Morgan fingerprint density at radius 3 is 2.71 bits per heavy atom. The normalized spacial score (nSPS) is 18.6. The number of amides is 1. The van der Waals surface area contributed by atoms with Gasteiger partial charge in [0.2, 0.25) is 5.91 Å². The van der Waals surface area contributed by atoms with Gasteiger partial charge in [-0.2, -0.15) is 0 Å². The summed E-state index contributed by atoms with van der Waals surface area (Å²) < 4.78 is 29.3. The molecule has 1 amide bonds. The van der Waals surface area contributed by atoms with E-state index < -0.39 is 9.84 Å². The molecule has 1 heterocycles. The molecule has 1 atom stereocenters. The van der Waals surface area contributed by atoms with E-state index in [0.717, 1.165) is 25.0 Å². The maximum absolute atomic E-state index is 12.0. The van der Waals surface area contributed by atoms with Crippen LogP contribution in [-0.2, 0) is 25.1 Å². The minimum absolute atomic E-state index is 0.00187. The molecule has 0 aromatic heterocycles. The Bertz CT molecular complexity index is 550. The van der Waals surface area contributed by atoms with Crippen LogP contribution in [0.3, 0.4) is 0 Å². The highest BCUT2D eigenvalue weighted by atomic mass is 32.2. The molecule has 2 rings (SSSR count). The van der Waals surface area contributed by atoms with Gasteiger partial charge in [0.25, 0.3) is 0 Å². The van der Waals surface area contributed by atoms with Gasteiger partial charge >= 0.3 is 0 Å². The molecule has 1 aromatic rings. The first-order chi connectivity index (χ1) is 10.1. The highest BCUT2D eigenvalue weighted by molar-refractivity contribution is 7.90. The van der Waals surface area contributed by atoms with E-state index in [1.54, 1.807) is 24.3 Å². The molecule has 21 heavy (non-hydrogen) atoms. The fourth-order valence-corrected chi connectivity index (χ4v) is 3.61. The molecule has 0 radical (unpaired) electrons. The van der Waals surface area contributed by atoms with Crippen LogP contribution in [0.25, 0.3) is 0 Å². The van der Waals surface area contributed by atoms with Crippen molar-refractivity contribution in [3.05, 3.63) is 35.9 Å². The van der Waals surface area contributed by atoms with Gasteiger partial charge in [0.1, 0.15) is 0 Å². The molecule has 0 saturated carbocycles. The van der Waals surface area contributed by atoms with Crippen LogP contribution in [-0.4, -0.2) is 39.3 Å². The molecule has 6 heteroatoms. The second kappa shape index (κ2) is 7.56. The van der Waals surface area contributed by atoms with E-state index in [0.29, 0.717) is 6.54 Å². The Morgan fingerprint density at radius 2 is 2.05 bits per heavy atom. The lowest BCUT2D eigenvalue weighted by Crippen LogP contribution is -2.32. The highest BCUT2D eigenvalue weighted by Gasteiger charge is 2.18. The van der Waals surface area contributed by atoms with E-state index in [9.17, 15) is 13.2 Å². The van der Waals surface area contributed by atoms with Crippen molar-refractivity contribution < 1.29 is 17.9 Å². The monoisotopic (exact) mass is 311 g/mol. The Balaban J connectivity index is 1.72. The summed E-state index contributed by atoms with van der Waals surface area (Å²) in [6, 6.07) is 9.00. The van der Waals surface area contributed by atoms with Gasteiger partial charge in [-0.25, -0.2) is 8.42 Å². The topological polar surface area (TPSA) is 72.5 Å². The maximum atomic E-state index is 12.0. The summed E-state index contributed by atoms with van der Waals surface area (Å²) in [5, 5.41) is 2.73. The smallest absolute Gasteiger partial charge is 0.221 e. The summed E-state index contributed by atoms with van der Waals surface area (Å²) >= 11 is 0. The van der Waals surface area contributed by atoms with Gasteiger partial charge in [0.15, 0.2) is 9.84 Å². The SMILES string of the molecule is O=C(CCS(=O)(=O)Cc1ccccc1)NC[C@@H]1CCCO1. The third kappa shape index (κ3) is 5.85. The zero-order valence-corrected chi connectivity index (χ0v) is 12.8. The third-order valence-corrected chi connectivity index (χ3v) is 5.02. The van der Waals surface area contributed by atoms with Crippen LogP contribution in [0.2, 0.25) is 0 Å². The summed E-state index contributed by atoms with van der Waals surface area (Å²) in [7, 11) is -3.26. The van der Waals surface area contributed by atoms with Gasteiger partial charge < -0.3 is 10.1 Å². The quantitative estimate of drug-likeness (QED) is 0.823. The molecular weight excluding hydrogens is 290 g/mol. The summed E-state index contributed by atoms with van der Waals surface area (Å²) in [6.45, 7) is 1.21. The van der Waals surface area contributed by atoms with Crippen molar-refractivity contribution in [2.24, 2.45) is 0 Å². The lowest BCUT2D eigenvalue weighted by atomic mass is 10.2. The van der Waals surface area contributed by atoms with Crippen molar-refractivity contribution >= 4 is 15.7 Å². The standard InChI is InChI=1S/C15H21NO4S/c17-15(16-11-14-7-4-9-20-14)8-10-21(18,19)12-13-5-2-1-3-6-13/h1-3,5-6,14H,4,7-12H2,(H,16,17)/t14-/m0/s1. The van der Waals surface area contributed by atoms with Crippen molar-refractivity contribution in [2.75, 3.05) is 18.9 Å². The molecule has 1 saturated heterocycles. The highest BCUT2D eigenvalue weighted by Crippen LogP contribution is 2.11. The van der Waals surface area contributed by atoms with Crippen molar-refractivity contribution in [1.29, 1.82) is 0 Å². The van der Waals surface area contributed by atoms with Gasteiger partial charge in [-0.3, -0.25) is 4.79 Å². The average molecular weight is 311 g/mol. The molecule has 0 spiro atoms. The Labute approximate surface area is 125 Å². The number of carbonyl (C=O) groups is 1. The van der Waals surface area contributed by atoms with Crippen LogP contribution in [0.5, 0.6) is 0 Å². The van der Waals surface area contributed by atoms with Gasteiger partial charge in [0, 0.05) is 19.6 Å². The first kappa shape index (κ1) is 16.0. The average Bonchev–Trinajstić information content (AvgIpc) is 2.97. The Kier molecular flexibility index (Phi) is 5.76. The number of rotatable bonds is 7. The predicted molar refractivity (Wildman–Crippen MR) is 80.5 cm³/mol. The van der Waals surface area contributed by atoms with Crippen molar-refractivity contribution in [1.82, 2.24) is 5.32 Å². The Hall–Kier alpha value is -1.40. The molecule has 0 unspecified atom stereocenters. The number of carbonyl (C=O) groups excluding carboxylic acids is 1. The Morgan fingerprint density at radius 1 is 1.29 bits per heavy atom. The summed E-state index contributed by atoms with van der Waals surface area (Å²) in [5.74, 6) is -0.381. The molecule has 1 fully saturated rings.